The number of esters is 1. The molecule has 0 saturated carbocycles. The molecule has 0 aliphatic carbocycles. The molecule has 0 spiro atoms. The summed E-state index contributed by atoms with van der Waals surface area (Å²) < 4.78 is 28.1. The highest BCUT2D eigenvalue weighted by Gasteiger charge is 2.03. The van der Waals surface area contributed by atoms with Crippen molar-refractivity contribution in [1.82, 2.24) is 0 Å². The molecule has 0 bridgehead atoms. The fourth-order valence-corrected chi connectivity index (χ4v) is 1.16. The first-order valence-corrected chi connectivity index (χ1v) is 4.66. The second kappa shape index (κ2) is 4.52. The van der Waals surface area contributed by atoms with Gasteiger partial charge >= 0.3 is 16.5 Å². The van der Waals surface area contributed by atoms with Crippen LogP contribution in [-0.4, -0.2) is 21.5 Å². The van der Waals surface area contributed by atoms with Gasteiger partial charge in [0.15, 0.2) is 0 Å². The number of rotatable bonds is 2. The van der Waals surface area contributed by atoms with E-state index in [-0.39, 0.29) is 5.69 Å². The minimum atomic E-state index is -2.48. The Morgan fingerprint density at radius 1 is 1.29 bits per heavy atom. The van der Waals surface area contributed by atoms with Gasteiger partial charge in [-0.25, -0.2) is 4.79 Å². The van der Waals surface area contributed by atoms with Crippen LogP contribution in [0.3, 0.4) is 0 Å². The van der Waals surface area contributed by atoms with E-state index in [1.54, 1.807) is 0 Å². The van der Waals surface area contributed by atoms with Crippen molar-refractivity contribution in [2.24, 2.45) is 4.36 Å². The van der Waals surface area contributed by atoms with E-state index >= 15 is 0 Å². The van der Waals surface area contributed by atoms with Crippen LogP contribution in [0, 0.1) is 0 Å². The molecule has 0 atom stereocenters. The van der Waals surface area contributed by atoms with Gasteiger partial charge in [0.2, 0.25) is 0 Å². The molecule has 0 aliphatic heterocycles. The minimum absolute atomic E-state index is 0.269. The predicted molar refractivity (Wildman–Crippen MR) is 48.8 cm³/mol. The Balaban J connectivity index is 3.00. The largest absolute Gasteiger partial charge is 0.465 e. The van der Waals surface area contributed by atoms with E-state index in [2.05, 4.69) is 9.10 Å². The second-order valence-corrected chi connectivity index (χ2v) is 2.96. The molecule has 0 aromatic heterocycles. The number of nitrogens with zero attached hydrogens (tertiary/aromatic N) is 1. The summed E-state index contributed by atoms with van der Waals surface area (Å²) in [5.74, 6) is -0.472. The van der Waals surface area contributed by atoms with Gasteiger partial charge in [-0.1, -0.05) is 0 Å². The zero-order valence-electron chi connectivity index (χ0n) is 7.30. The molecular formula is C8H7NO4S. The van der Waals surface area contributed by atoms with Crippen LogP contribution < -0.4 is 0 Å². The monoisotopic (exact) mass is 213 g/mol. The molecule has 5 nitrogen and oxygen atoms in total. The number of hydrogen-bond acceptors (Lipinski definition) is 5. The molecule has 1 aromatic rings. The highest BCUT2D eigenvalue weighted by molar-refractivity contribution is 7.61. The van der Waals surface area contributed by atoms with Crippen LogP contribution in [0.4, 0.5) is 5.69 Å². The molecule has 0 unspecified atom stereocenters. The molecule has 0 amide bonds. The molecule has 0 aliphatic rings. The van der Waals surface area contributed by atoms with E-state index in [4.69, 9.17) is 0 Å². The normalized spacial score (nSPS) is 9.21. The van der Waals surface area contributed by atoms with E-state index in [0.29, 0.717) is 5.56 Å². The molecule has 0 saturated heterocycles. The molecule has 1 rings (SSSR count). The van der Waals surface area contributed by atoms with Crippen molar-refractivity contribution in [3.05, 3.63) is 29.8 Å². The third-order valence-electron chi connectivity index (χ3n) is 1.47. The molecule has 1 aromatic carbocycles. The number of hydrogen-bond donors (Lipinski definition) is 0. The maximum absolute atomic E-state index is 11.0. The molecule has 0 fully saturated rings. The van der Waals surface area contributed by atoms with E-state index in [1.807, 2.05) is 0 Å². The SMILES string of the molecule is COC(=O)c1ccc(N=S(=O)=O)cc1. The zero-order valence-corrected chi connectivity index (χ0v) is 8.11. The Morgan fingerprint density at radius 3 is 2.29 bits per heavy atom. The van der Waals surface area contributed by atoms with Gasteiger partial charge in [0.25, 0.3) is 0 Å². The van der Waals surface area contributed by atoms with Gasteiger partial charge in [-0.3, -0.25) is 0 Å². The van der Waals surface area contributed by atoms with Crippen LogP contribution >= 0.6 is 0 Å². The van der Waals surface area contributed by atoms with E-state index in [1.165, 1.54) is 31.4 Å². The summed E-state index contributed by atoms with van der Waals surface area (Å²) in [6.07, 6.45) is 0. The maximum atomic E-state index is 11.0. The molecule has 6 heteroatoms. The lowest BCUT2D eigenvalue weighted by molar-refractivity contribution is 0.0601. The first-order chi connectivity index (χ1) is 6.63. The van der Waals surface area contributed by atoms with E-state index in [0.717, 1.165) is 0 Å². The first-order valence-electron chi connectivity index (χ1n) is 3.63. The van der Waals surface area contributed by atoms with E-state index in [9.17, 15) is 13.2 Å². The van der Waals surface area contributed by atoms with Crippen molar-refractivity contribution in [2.75, 3.05) is 7.11 Å². The van der Waals surface area contributed by atoms with Crippen LogP contribution in [-0.2, 0) is 15.2 Å². The predicted octanol–water partition coefficient (Wildman–Crippen LogP) is 1.17. The number of methoxy groups -OCH3 is 1. The van der Waals surface area contributed by atoms with Crippen LogP contribution in [0.5, 0.6) is 0 Å². The highest BCUT2D eigenvalue weighted by atomic mass is 32.2. The Labute approximate surface area is 82.0 Å². The maximum Gasteiger partial charge on any atom is 0.337 e. The first kappa shape index (κ1) is 10.4. The Bertz CT molecular complexity index is 453. The van der Waals surface area contributed by atoms with Crippen LogP contribution in [0.25, 0.3) is 0 Å². The lowest BCUT2D eigenvalue weighted by Gasteiger charge is -1.97. The van der Waals surface area contributed by atoms with Crippen LogP contribution in [0.15, 0.2) is 28.6 Å². The molecule has 0 radical (unpaired) electrons. The van der Waals surface area contributed by atoms with Gasteiger partial charge in [0, 0.05) is 0 Å². The average Bonchev–Trinajstić information content (AvgIpc) is 2.17. The summed E-state index contributed by atoms with van der Waals surface area (Å²) >= 11 is 0. The van der Waals surface area contributed by atoms with E-state index < -0.39 is 16.5 Å². The van der Waals surface area contributed by atoms with Gasteiger partial charge in [-0.15, -0.1) is 4.36 Å². The summed E-state index contributed by atoms with van der Waals surface area (Å²) in [6.45, 7) is 0. The summed E-state index contributed by atoms with van der Waals surface area (Å²) in [5.41, 5.74) is 0.620. The van der Waals surface area contributed by atoms with Gasteiger partial charge < -0.3 is 4.74 Å². The lowest BCUT2D eigenvalue weighted by atomic mass is 10.2. The van der Waals surface area contributed by atoms with Gasteiger partial charge in [-0.05, 0) is 24.3 Å². The van der Waals surface area contributed by atoms with Crippen LogP contribution in [0.1, 0.15) is 10.4 Å². The third kappa shape index (κ3) is 2.67. The summed E-state index contributed by atoms with van der Waals surface area (Å²) in [7, 11) is -1.21. The number of benzene rings is 1. The summed E-state index contributed by atoms with van der Waals surface area (Å²) in [4.78, 5) is 11.0. The van der Waals surface area contributed by atoms with Crippen LogP contribution in [0.2, 0.25) is 0 Å². The minimum Gasteiger partial charge on any atom is -0.465 e. The van der Waals surface area contributed by atoms with Crippen molar-refractivity contribution in [3.63, 3.8) is 0 Å². The van der Waals surface area contributed by atoms with Crippen molar-refractivity contribution in [2.45, 2.75) is 0 Å². The lowest BCUT2D eigenvalue weighted by Crippen LogP contribution is -1.99. The quantitative estimate of drug-likeness (QED) is 0.691. The van der Waals surface area contributed by atoms with Crippen molar-refractivity contribution < 1.29 is 17.9 Å². The molecular weight excluding hydrogens is 206 g/mol. The van der Waals surface area contributed by atoms with Crippen molar-refractivity contribution >= 4 is 22.2 Å². The standard InChI is InChI=1S/C8H7NO4S/c1-13-8(10)6-2-4-7(5-3-6)9-14(11)12/h2-5H,1H3. The Hall–Kier alpha value is -1.69. The second-order valence-electron chi connectivity index (χ2n) is 2.35. The summed E-state index contributed by atoms with van der Waals surface area (Å²) in [5, 5.41) is 0. The average molecular weight is 213 g/mol. The molecule has 0 N–H and O–H groups in total. The molecule has 74 valence electrons. The third-order valence-corrected chi connectivity index (χ3v) is 1.83. The molecule has 0 heterocycles. The topological polar surface area (TPSA) is 72.8 Å². The fourth-order valence-electron chi connectivity index (χ4n) is 0.862. The number of ether oxygens (including phenoxy) is 1. The summed E-state index contributed by atoms with van der Waals surface area (Å²) in [6, 6.07) is 5.72. The Kier molecular flexibility index (Phi) is 3.35. The van der Waals surface area contributed by atoms with Crippen molar-refractivity contribution in [3.8, 4) is 0 Å². The Morgan fingerprint density at radius 2 is 1.86 bits per heavy atom. The zero-order chi connectivity index (χ0) is 10.6. The van der Waals surface area contributed by atoms with Crippen molar-refractivity contribution in [1.29, 1.82) is 0 Å². The van der Waals surface area contributed by atoms with Gasteiger partial charge in [-0.2, -0.15) is 8.42 Å². The fraction of sp³-hybridized carbons (Fsp3) is 0.125. The van der Waals surface area contributed by atoms with Gasteiger partial charge in [0.05, 0.1) is 18.4 Å². The smallest absolute Gasteiger partial charge is 0.337 e. The number of carbonyl (C=O) groups excluding carboxylic acids is 1. The highest BCUT2D eigenvalue weighted by Crippen LogP contribution is 2.12. The molecule has 14 heavy (non-hydrogen) atoms. The number of carbonyl (C=O) groups is 1. The van der Waals surface area contributed by atoms with Gasteiger partial charge in [0.1, 0.15) is 0 Å².